The van der Waals surface area contributed by atoms with E-state index in [0.29, 0.717) is 17.8 Å². The summed E-state index contributed by atoms with van der Waals surface area (Å²) in [6, 6.07) is 8.05. The van der Waals surface area contributed by atoms with E-state index in [0.717, 1.165) is 49.9 Å². The van der Waals surface area contributed by atoms with Crippen molar-refractivity contribution in [3.05, 3.63) is 108 Å². The molecule has 13 heteroatoms. The second-order valence-electron chi connectivity index (χ2n) is 11.9. The van der Waals surface area contributed by atoms with Gasteiger partial charge in [-0.15, -0.1) is 0 Å². The molecule has 1 amide bonds. The number of alkyl halides is 2. The van der Waals surface area contributed by atoms with Crippen molar-refractivity contribution in [1.82, 2.24) is 35.2 Å². The number of hydrogen-bond acceptors (Lipinski definition) is 10. The van der Waals surface area contributed by atoms with Crippen LogP contribution in [0.4, 0.5) is 8.78 Å². The first-order chi connectivity index (χ1) is 22.7. The summed E-state index contributed by atoms with van der Waals surface area (Å²) in [5.41, 5.74) is 8.48. The van der Waals surface area contributed by atoms with Crippen molar-refractivity contribution >= 4 is 17.5 Å². The van der Waals surface area contributed by atoms with Gasteiger partial charge in [-0.2, -0.15) is 8.78 Å². The summed E-state index contributed by atoms with van der Waals surface area (Å²) in [7, 11) is 0. The molecule has 4 aromatic heterocycles. The van der Waals surface area contributed by atoms with Crippen molar-refractivity contribution in [1.29, 1.82) is 0 Å². The highest BCUT2D eigenvalue weighted by Gasteiger charge is 2.40. The Morgan fingerprint density at radius 1 is 0.723 bits per heavy atom. The number of rotatable bonds is 12. The average Bonchev–Trinajstić information content (AvgIpc) is 3.08. The maximum Gasteiger partial charge on any atom is 0.315 e. The van der Waals surface area contributed by atoms with Gasteiger partial charge in [-0.05, 0) is 48.9 Å². The highest BCUT2D eigenvalue weighted by Crippen LogP contribution is 2.46. The van der Waals surface area contributed by atoms with Gasteiger partial charge in [0.2, 0.25) is 0 Å². The maximum absolute atomic E-state index is 12.1. The number of carbonyl (C=O) groups excluding carboxylic acids is 3. The largest absolute Gasteiger partial charge is 0.344 e. The summed E-state index contributed by atoms with van der Waals surface area (Å²) in [5, 5.41) is 1.87. The number of aromatic nitrogens is 6. The lowest BCUT2D eigenvalue weighted by Gasteiger charge is -2.41. The molecule has 0 bridgehead atoms. The van der Waals surface area contributed by atoms with Gasteiger partial charge in [0.1, 0.15) is 11.6 Å². The van der Waals surface area contributed by atoms with Gasteiger partial charge >= 0.3 is 6.43 Å². The Labute approximate surface area is 270 Å². The number of carbonyl (C=O) groups is 3. The highest BCUT2D eigenvalue weighted by atomic mass is 19.3. The van der Waals surface area contributed by atoms with E-state index in [4.69, 9.17) is 5.73 Å². The van der Waals surface area contributed by atoms with E-state index in [1.54, 1.807) is 24.8 Å². The lowest BCUT2D eigenvalue weighted by Crippen LogP contribution is -2.37. The minimum Gasteiger partial charge on any atom is -0.344 e. The van der Waals surface area contributed by atoms with Crippen LogP contribution in [0, 0.1) is 0 Å². The second kappa shape index (κ2) is 15.1. The molecule has 0 unspecified atom stereocenters. The first-order valence-electron chi connectivity index (χ1n) is 15.5. The van der Waals surface area contributed by atoms with E-state index < -0.39 is 24.7 Å². The summed E-state index contributed by atoms with van der Waals surface area (Å²) < 4.78 is 24.2. The molecule has 0 spiro atoms. The Bertz CT molecular complexity index is 1650. The fourth-order valence-electron chi connectivity index (χ4n) is 5.94. The molecule has 4 heterocycles. The van der Waals surface area contributed by atoms with Crippen LogP contribution in [0.25, 0.3) is 0 Å². The van der Waals surface area contributed by atoms with Crippen LogP contribution in [0.1, 0.15) is 82.0 Å². The third-order valence-electron chi connectivity index (χ3n) is 9.02. The third-order valence-corrected chi connectivity index (χ3v) is 9.02. The zero-order chi connectivity index (χ0) is 33.3. The van der Waals surface area contributed by atoms with Crippen LogP contribution < -0.4 is 11.1 Å². The van der Waals surface area contributed by atoms with Crippen molar-refractivity contribution in [3.63, 3.8) is 0 Å². The topological polar surface area (TPSA) is 167 Å². The fourth-order valence-corrected chi connectivity index (χ4v) is 5.94. The lowest BCUT2D eigenvalue weighted by atomic mass is 9.63. The molecule has 3 N–H and O–H groups in total. The Kier molecular flexibility index (Phi) is 10.8. The van der Waals surface area contributed by atoms with Crippen molar-refractivity contribution in [2.45, 2.75) is 68.6 Å². The molecule has 11 nitrogen and oxygen atoms in total. The molecule has 6 rings (SSSR count). The van der Waals surface area contributed by atoms with Crippen LogP contribution in [-0.4, -0.2) is 66.9 Å². The van der Waals surface area contributed by atoms with E-state index in [-0.39, 0.29) is 28.7 Å². The van der Waals surface area contributed by atoms with Gasteiger partial charge in [-0.1, -0.05) is 25.0 Å². The third kappa shape index (κ3) is 8.09. The zero-order valence-electron chi connectivity index (χ0n) is 25.8. The normalized spacial score (nSPS) is 15.7. The molecule has 47 heavy (non-hydrogen) atoms. The van der Waals surface area contributed by atoms with E-state index >= 15 is 0 Å². The van der Waals surface area contributed by atoms with Crippen LogP contribution in [0.5, 0.6) is 0 Å². The molecule has 0 radical (unpaired) electrons. The predicted octanol–water partition coefficient (Wildman–Crippen LogP) is 3.78. The molecular formula is C34H36F2N8O3. The molecule has 0 saturated heterocycles. The molecule has 244 valence electrons. The fraction of sp³-hybridized carbons (Fsp3) is 0.382. The molecule has 4 aromatic rings. The van der Waals surface area contributed by atoms with E-state index in [9.17, 15) is 23.2 Å². The standard InChI is InChI=1S/C18H18F2N4O2.C16H18N4O/c19-16(20)17(26)24-11-14(25)12-8-22-15(23-9-12)7-18(4-2-5-18)13-3-1-6-21-10-13;17-8-14(21)12-9-19-15(20-10-12)7-16(4-2-5-16)13-3-1-6-18-11-13/h1,3,6,8-10,16H,2,4-5,7,11H2,(H,24,26);1,3,6,9-11H,2,4-5,7-8,17H2. The molecule has 2 aliphatic rings. The van der Waals surface area contributed by atoms with E-state index in [2.05, 4.69) is 42.0 Å². The molecule has 2 saturated carbocycles. The molecule has 0 aliphatic heterocycles. The maximum atomic E-state index is 12.1. The van der Waals surface area contributed by atoms with Gasteiger partial charge in [0.15, 0.2) is 11.6 Å². The summed E-state index contributed by atoms with van der Waals surface area (Å²) in [5.74, 6) is -0.739. The smallest absolute Gasteiger partial charge is 0.315 e. The first kappa shape index (κ1) is 33.5. The SMILES string of the molecule is NCC(=O)c1cnc(CC2(c3cccnc3)CCC2)nc1.O=C(CNC(=O)C(F)F)c1cnc(CC2(c3cccnc3)CCC2)nc1. The summed E-state index contributed by atoms with van der Waals surface area (Å²) >= 11 is 0. The number of pyridine rings is 2. The summed E-state index contributed by atoms with van der Waals surface area (Å²) in [6.45, 7) is -0.520. The van der Waals surface area contributed by atoms with E-state index in [1.165, 1.54) is 24.4 Å². The first-order valence-corrected chi connectivity index (χ1v) is 15.5. The van der Waals surface area contributed by atoms with Crippen molar-refractivity contribution in [2.24, 2.45) is 5.73 Å². The Balaban J connectivity index is 0.000000189. The summed E-state index contributed by atoms with van der Waals surface area (Å²) in [4.78, 5) is 59.8. The minimum absolute atomic E-state index is 0.0116. The van der Waals surface area contributed by atoms with Gasteiger partial charge in [-0.3, -0.25) is 24.4 Å². The van der Waals surface area contributed by atoms with Crippen molar-refractivity contribution in [2.75, 3.05) is 13.1 Å². The number of Topliss-reactive ketones (excluding diaryl/α,β-unsaturated/α-hetero) is 2. The lowest BCUT2D eigenvalue weighted by molar-refractivity contribution is -0.131. The zero-order valence-corrected chi connectivity index (χ0v) is 25.8. The number of hydrogen-bond donors (Lipinski definition) is 2. The Hall–Kier alpha value is -4.91. The van der Waals surface area contributed by atoms with Gasteiger partial charge in [0.05, 0.1) is 24.2 Å². The average molecular weight is 643 g/mol. The second-order valence-corrected chi connectivity index (χ2v) is 11.9. The number of nitrogens with one attached hydrogen (secondary N) is 1. The van der Waals surface area contributed by atoms with Gasteiger partial charge in [0.25, 0.3) is 5.91 Å². The predicted molar refractivity (Wildman–Crippen MR) is 168 cm³/mol. The van der Waals surface area contributed by atoms with Crippen molar-refractivity contribution < 1.29 is 23.2 Å². The van der Waals surface area contributed by atoms with Crippen LogP contribution >= 0.6 is 0 Å². The molecular weight excluding hydrogens is 606 g/mol. The van der Waals surface area contributed by atoms with Crippen LogP contribution in [-0.2, 0) is 28.5 Å². The molecule has 0 atom stereocenters. The Morgan fingerprint density at radius 3 is 1.51 bits per heavy atom. The van der Waals surface area contributed by atoms with Gasteiger partial charge < -0.3 is 11.1 Å². The van der Waals surface area contributed by atoms with Gasteiger partial charge in [0, 0.05) is 73.2 Å². The number of nitrogens with two attached hydrogens (primary N) is 1. The van der Waals surface area contributed by atoms with Crippen molar-refractivity contribution in [3.8, 4) is 0 Å². The van der Waals surface area contributed by atoms with Crippen LogP contribution in [0.15, 0.2) is 73.8 Å². The minimum atomic E-state index is -3.15. The molecule has 0 aromatic carbocycles. The quantitative estimate of drug-likeness (QED) is 0.217. The number of halogens is 2. The van der Waals surface area contributed by atoms with Gasteiger partial charge in [-0.25, -0.2) is 19.9 Å². The monoisotopic (exact) mass is 642 g/mol. The van der Waals surface area contributed by atoms with Crippen LogP contribution in [0.3, 0.4) is 0 Å². The van der Waals surface area contributed by atoms with E-state index in [1.807, 2.05) is 29.8 Å². The summed E-state index contributed by atoms with van der Waals surface area (Å²) in [6.07, 6.45) is 18.2. The highest BCUT2D eigenvalue weighted by molar-refractivity contribution is 5.99. The van der Waals surface area contributed by atoms with Crippen LogP contribution in [0.2, 0.25) is 0 Å². The number of nitrogens with zero attached hydrogens (tertiary/aromatic N) is 6. The Morgan fingerprint density at radius 2 is 1.17 bits per heavy atom. The number of amides is 1. The number of ketones is 2. The molecule has 2 fully saturated rings. The molecule has 2 aliphatic carbocycles.